The van der Waals surface area contributed by atoms with Gasteiger partial charge in [-0.1, -0.05) is 12.1 Å². The predicted molar refractivity (Wildman–Crippen MR) is 72.3 cm³/mol. The number of benzene rings is 1. The number of fused-ring (bicyclic) bond motifs is 1. The van der Waals surface area contributed by atoms with Gasteiger partial charge in [0.05, 0.1) is 11.0 Å². The van der Waals surface area contributed by atoms with Crippen molar-refractivity contribution in [2.45, 2.75) is 12.6 Å². The molecule has 21 heavy (non-hydrogen) atoms. The Bertz CT molecular complexity index is 777. The van der Waals surface area contributed by atoms with E-state index in [9.17, 15) is 13.2 Å². The van der Waals surface area contributed by atoms with E-state index >= 15 is 0 Å². The van der Waals surface area contributed by atoms with E-state index in [1.165, 1.54) is 0 Å². The van der Waals surface area contributed by atoms with E-state index < -0.39 is 12.0 Å². The highest BCUT2D eigenvalue weighted by atomic mass is 32.1. The number of halogens is 3. The average Bonchev–Trinajstić information content (AvgIpc) is 3.01. The Kier molecular flexibility index (Phi) is 3.38. The largest absolute Gasteiger partial charge is 0.452 e. The van der Waals surface area contributed by atoms with E-state index in [0.717, 1.165) is 0 Å². The molecule has 0 radical (unpaired) electrons. The van der Waals surface area contributed by atoms with Gasteiger partial charge in [-0.25, -0.2) is 4.98 Å². The maximum Gasteiger partial charge on any atom is 0.452 e. The molecule has 0 bridgehead atoms. The molecule has 110 valence electrons. The van der Waals surface area contributed by atoms with Crippen LogP contribution in [0.3, 0.4) is 0 Å². The maximum absolute atomic E-state index is 12.6. The van der Waals surface area contributed by atoms with Crippen LogP contribution in [0.1, 0.15) is 11.6 Å². The van der Waals surface area contributed by atoms with Gasteiger partial charge in [0.2, 0.25) is 11.0 Å². The predicted octanol–water partition coefficient (Wildman–Crippen LogP) is 2.40. The summed E-state index contributed by atoms with van der Waals surface area (Å²) in [5, 5.41) is 0.138. The lowest BCUT2D eigenvalue weighted by molar-refractivity contribution is -0.144. The number of imidazole rings is 1. The maximum atomic E-state index is 12.6. The minimum absolute atomic E-state index is 0.138. The molecule has 2 heterocycles. The smallest absolute Gasteiger partial charge is 0.330 e. The van der Waals surface area contributed by atoms with Crippen LogP contribution in [0.5, 0.6) is 0 Å². The fourth-order valence-corrected chi connectivity index (χ4v) is 2.73. The van der Waals surface area contributed by atoms with Gasteiger partial charge >= 0.3 is 6.18 Å². The van der Waals surface area contributed by atoms with Crippen LogP contribution in [-0.2, 0) is 12.6 Å². The summed E-state index contributed by atoms with van der Waals surface area (Å²) in [5.74, 6) is -0.567. The van der Waals surface area contributed by atoms with Crippen LogP contribution in [0.2, 0.25) is 0 Å². The fraction of sp³-hybridized carbons (Fsp3) is 0.250. The van der Waals surface area contributed by atoms with Crippen LogP contribution in [-0.4, -0.2) is 25.5 Å². The topological polar surface area (TPSA) is 69.6 Å². The molecule has 0 spiro atoms. The zero-order chi connectivity index (χ0) is 15.0. The zero-order valence-corrected chi connectivity index (χ0v) is 11.4. The number of nitrogens with two attached hydrogens (primary N) is 1. The van der Waals surface area contributed by atoms with Crippen LogP contribution in [0.25, 0.3) is 16.2 Å². The highest BCUT2D eigenvalue weighted by molar-refractivity contribution is 7.08. The monoisotopic (exact) mass is 313 g/mol. The van der Waals surface area contributed by atoms with E-state index in [1.54, 1.807) is 22.8 Å². The second-order valence-electron chi connectivity index (χ2n) is 4.29. The highest BCUT2D eigenvalue weighted by Crippen LogP contribution is 2.30. The Morgan fingerprint density at radius 2 is 1.95 bits per heavy atom. The van der Waals surface area contributed by atoms with Gasteiger partial charge in [-0.3, -0.25) is 4.57 Å². The molecule has 1 aromatic carbocycles. The Morgan fingerprint density at radius 3 is 2.62 bits per heavy atom. The summed E-state index contributed by atoms with van der Waals surface area (Å²) < 4.78 is 42.9. The van der Waals surface area contributed by atoms with Gasteiger partial charge < -0.3 is 5.73 Å². The lowest BCUT2D eigenvalue weighted by Gasteiger charge is -2.04. The molecule has 0 fully saturated rings. The molecule has 5 nitrogen and oxygen atoms in total. The van der Waals surface area contributed by atoms with Crippen molar-refractivity contribution in [3.63, 3.8) is 0 Å². The van der Waals surface area contributed by atoms with Crippen molar-refractivity contribution in [3.8, 4) is 5.13 Å². The number of rotatable bonds is 3. The Labute approximate surface area is 121 Å². The van der Waals surface area contributed by atoms with Gasteiger partial charge in [0, 0.05) is 18.0 Å². The van der Waals surface area contributed by atoms with Gasteiger partial charge in [0.15, 0.2) is 0 Å². The molecule has 0 atom stereocenters. The molecule has 9 heteroatoms. The molecular formula is C12H10F3N5S. The molecule has 0 saturated heterocycles. The van der Waals surface area contributed by atoms with Crippen LogP contribution in [0.15, 0.2) is 24.3 Å². The Morgan fingerprint density at radius 1 is 1.19 bits per heavy atom. The molecule has 0 saturated carbocycles. The van der Waals surface area contributed by atoms with E-state index in [4.69, 9.17) is 5.73 Å². The number of hydrogen-bond acceptors (Lipinski definition) is 5. The first kappa shape index (κ1) is 14.0. The first-order valence-electron chi connectivity index (χ1n) is 6.08. The van der Waals surface area contributed by atoms with Gasteiger partial charge in [-0.05, 0) is 18.7 Å². The number of alkyl halides is 3. The summed E-state index contributed by atoms with van der Waals surface area (Å²) in [5.41, 5.74) is 6.91. The average molecular weight is 313 g/mol. The number of nitrogens with zero attached hydrogens (tertiary/aromatic N) is 4. The minimum Gasteiger partial charge on any atom is -0.330 e. The summed E-state index contributed by atoms with van der Waals surface area (Å²) in [6.45, 7) is 0.342. The van der Waals surface area contributed by atoms with Crippen LogP contribution < -0.4 is 5.73 Å². The molecule has 0 aliphatic heterocycles. The normalized spacial score (nSPS) is 12.2. The third-order valence-corrected chi connectivity index (χ3v) is 3.56. The number of para-hydroxylation sites is 2. The minimum atomic E-state index is -4.56. The third-order valence-electron chi connectivity index (χ3n) is 2.86. The molecule has 0 aliphatic carbocycles. The summed E-state index contributed by atoms with van der Waals surface area (Å²) in [6.07, 6.45) is -4.12. The van der Waals surface area contributed by atoms with Crippen molar-refractivity contribution in [3.05, 3.63) is 35.9 Å². The van der Waals surface area contributed by atoms with Crippen molar-refractivity contribution in [2.24, 2.45) is 5.73 Å². The summed E-state index contributed by atoms with van der Waals surface area (Å²) >= 11 is 0.690. The van der Waals surface area contributed by atoms with Gasteiger partial charge in [-0.2, -0.15) is 22.5 Å². The van der Waals surface area contributed by atoms with Crippen molar-refractivity contribution >= 4 is 22.6 Å². The second kappa shape index (κ2) is 5.08. The molecule has 2 N–H and O–H groups in total. The lowest BCUT2D eigenvalue weighted by atomic mass is 10.3. The van der Waals surface area contributed by atoms with Crippen molar-refractivity contribution in [2.75, 3.05) is 6.54 Å². The SMILES string of the molecule is NCCc1nc2ccccc2n1-c1nc(C(F)(F)F)ns1. The summed E-state index contributed by atoms with van der Waals surface area (Å²) in [6, 6.07) is 7.17. The molecule has 0 aliphatic rings. The van der Waals surface area contributed by atoms with E-state index in [1.807, 2.05) is 6.07 Å². The molecule has 2 aromatic heterocycles. The van der Waals surface area contributed by atoms with E-state index in [-0.39, 0.29) is 5.13 Å². The Hall–Kier alpha value is -2.00. The highest BCUT2D eigenvalue weighted by Gasteiger charge is 2.36. The molecular weight excluding hydrogens is 303 g/mol. The van der Waals surface area contributed by atoms with Crippen LogP contribution in [0, 0.1) is 0 Å². The quantitative estimate of drug-likeness (QED) is 0.806. The van der Waals surface area contributed by atoms with Crippen LogP contribution in [0.4, 0.5) is 13.2 Å². The third kappa shape index (κ3) is 2.49. The zero-order valence-electron chi connectivity index (χ0n) is 10.6. The molecule has 0 unspecified atom stereocenters. The van der Waals surface area contributed by atoms with Crippen molar-refractivity contribution < 1.29 is 13.2 Å². The first-order valence-corrected chi connectivity index (χ1v) is 6.86. The van der Waals surface area contributed by atoms with Crippen molar-refractivity contribution in [1.82, 2.24) is 18.9 Å². The summed E-state index contributed by atoms with van der Waals surface area (Å²) in [4.78, 5) is 7.97. The fourth-order valence-electron chi connectivity index (χ4n) is 2.01. The lowest BCUT2D eigenvalue weighted by Crippen LogP contribution is -2.10. The van der Waals surface area contributed by atoms with E-state index in [0.29, 0.717) is 41.4 Å². The summed E-state index contributed by atoms with van der Waals surface area (Å²) in [7, 11) is 0. The molecule has 3 rings (SSSR count). The van der Waals surface area contributed by atoms with E-state index in [2.05, 4.69) is 14.3 Å². The molecule has 3 aromatic rings. The number of aromatic nitrogens is 4. The van der Waals surface area contributed by atoms with Gasteiger partial charge in [0.1, 0.15) is 5.82 Å². The van der Waals surface area contributed by atoms with Crippen LogP contribution >= 0.6 is 11.5 Å². The number of hydrogen-bond donors (Lipinski definition) is 1. The second-order valence-corrected chi connectivity index (χ2v) is 5.02. The molecule has 0 amide bonds. The van der Waals surface area contributed by atoms with Crippen molar-refractivity contribution in [1.29, 1.82) is 0 Å². The standard InChI is InChI=1S/C12H10F3N5S/c13-12(14,15)10-18-11(21-19-10)20-8-4-2-1-3-7(8)17-9(20)5-6-16/h1-4H,5-6,16H2. The van der Waals surface area contributed by atoms with Gasteiger partial charge in [-0.15, -0.1) is 0 Å². The Balaban J connectivity index is 2.18. The first-order chi connectivity index (χ1) is 10.0. The van der Waals surface area contributed by atoms with Gasteiger partial charge in [0.25, 0.3) is 0 Å².